The maximum Gasteiger partial charge on any atom is 0.313 e. The predicted molar refractivity (Wildman–Crippen MR) is 98.4 cm³/mol. The van der Waals surface area contributed by atoms with Gasteiger partial charge in [0.2, 0.25) is 5.89 Å². The fourth-order valence-electron chi connectivity index (χ4n) is 2.93. The van der Waals surface area contributed by atoms with Crippen LogP contribution in [0.3, 0.4) is 0 Å². The van der Waals surface area contributed by atoms with Crippen LogP contribution >= 0.6 is 11.6 Å². The summed E-state index contributed by atoms with van der Waals surface area (Å²) in [6.07, 6.45) is -0.135. The molecule has 4 rings (SSSR count). The minimum Gasteiger partial charge on any atom is -0.492 e. The Kier molecular flexibility index (Phi) is 4.81. The maximum atomic E-state index is 12.5. The van der Waals surface area contributed by atoms with Crippen LogP contribution in [-0.2, 0) is 16.0 Å². The lowest BCUT2D eigenvalue weighted by Gasteiger charge is -2.24. The van der Waals surface area contributed by atoms with Gasteiger partial charge in [0, 0.05) is 10.6 Å². The number of hydrogen-bond donors (Lipinski definition) is 0. The number of esters is 1. The second-order valence-electron chi connectivity index (χ2n) is 6.35. The number of benzene rings is 2. The third-order valence-corrected chi connectivity index (χ3v) is 4.60. The van der Waals surface area contributed by atoms with Gasteiger partial charge >= 0.3 is 5.97 Å². The SMILES string of the molecule is C[C@@H](OC(=O)[C@@H]1COc2ccc(Cl)cc2C1)c1nnc(-c2ccccc2)o1. The van der Waals surface area contributed by atoms with Gasteiger partial charge in [-0.05, 0) is 49.2 Å². The highest BCUT2D eigenvalue weighted by atomic mass is 35.5. The fraction of sp³-hybridized carbons (Fsp3) is 0.250. The smallest absolute Gasteiger partial charge is 0.313 e. The number of nitrogens with zero attached hydrogens (tertiary/aromatic N) is 2. The van der Waals surface area contributed by atoms with E-state index in [2.05, 4.69) is 10.2 Å². The molecule has 2 aromatic carbocycles. The van der Waals surface area contributed by atoms with Crippen molar-refractivity contribution in [2.45, 2.75) is 19.4 Å². The lowest BCUT2D eigenvalue weighted by atomic mass is 9.97. The van der Waals surface area contributed by atoms with Crippen molar-refractivity contribution in [3.63, 3.8) is 0 Å². The third-order valence-electron chi connectivity index (χ3n) is 4.36. The van der Waals surface area contributed by atoms with Gasteiger partial charge in [0.15, 0.2) is 6.10 Å². The van der Waals surface area contributed by atoms with Gasteiger partial charge in [-0.2, -0.15) is 0 Å². The lowest BCUT2D eigenvalue weighted by molar-refractivity contribution is -0.156. The minimum absolute atomic E-state index is 0.252. The van der Waals surface area contributed by atoms with Gasteiger partial charge in [-0.25, -0.2) is 0 Å². The second kappa shape index (κ2) is 7.40. The average molecular weight is 385 g/mol. The number of rotatable bonds is 4. The summed E-state index contributed by atoms with van der Waals surface area (Å²) in [4.78, 5) is 12.5. The molecule has 0 saturated carbocycles. The van der Waals surface area contributed by atoms with Crippen LogP contribution in [-0.4, -0.2) is 22.8 Å². The Hall–Kier alpha value is -2.86. The minimum atomic E-state index is -0.650. The quantitative estimate of drug-likeness (QED) is 0.626. The van der Waals surface area contributed by atoms with Crippen molar-refractivity contribution >= 4 is 17.6 Å². The van der Waals surface area contributed by atoms with E-state index in [4.69, 9.17) is 25.5 Å². The van der Waals surface area contributed by atoms with Gasteiger partial charge in [-0.15, -0.1) is 10.2 Å². The zero-order chi connectivity index (χ0) is 18.8. The highest BCUT2D eigenvalue weighted by Crippen LogP contribution is 2.31. The van der Waals surface area contributed by atoms with Gasteiger partial charge in [0.05, 0.1) is 5.92 Å². The second-order valence-corrected chi connectivity index (χ2v) is 6.79. The molecule has 0 radical (unpaired) electrons. The molecule has 6 nitrogen and oxygen atoms in total. The molecule has 1 aromatic heterocycles. The van der Waals surface area contributed by atoms with Gasteiger partial charge in [0.1, 0.15) is 12.4 Å². The van der Waals surface area contributed by atoms with Crippen LogP contribution in [0.5, 0.6) is 5.75 Å². The first kappa shape index (κ1) is 17.5. The van der Waals surface area contributed by atoms with Crippen LogP contribution in [0, 0.1) is 5.92 Å². The predicted octanol–water partition coefficient (Wildman–Crippen LogP) is 4.25. The molecule has 1 aliphatic heterocycles. The van der Waals surface area contributed by atoms with Gasteiger partial charge < -0.3 is 13.9 Å². The van der Waals surface area contributed by atoms with Crippen LogP contribution in [0.2, 0.25) is 5.02 Å². The molecule has 0 amide bonds. The summed E-state index contributed by atoms with van der Waals surface area (Å²) in [6.45, 7) is 1.97. The molecule has 0 saturated heterocycles. The number of carbonyl (C=O) groups excluding carboxylic acids is 1. The molecule has 27 heavy (non-hydrogen) atoms. The number of carbonyl (C=O) groups is 1. The van der Waals surface area contributed by atoms with Crippen molar-refractivity contribution in [1.29, 1.82) is 0 Å². The van der Waals surface area contributed by atoms with Crippen LogP contribution in [0.25, 0.3) is 11.5 Å². The highest BCUT2D eigenvalue weighted by Gasteiger charge is 2.30. The van der Waals surface area contributed by atoms with E-state index in [-0.39, 0.29) is 18.5 Å². The van der Waals surface area contributed by atoms with Crippen molar-refractivity contribution in [2.75, 3.05) is 6.61 Å². The molecule has 7 heteroatoms. The highest BCUT2D eigenvalue weighted by molar-refractivity contribution is 6.30. The summed E-state index contributed by atoms with van der Waals surface area (Å²) in [7, 11) is 0. The van der Waals surface area contributed by atoms with E-state index in [1.165, 1.54) is 0 Å². The number of halogens is 1. The number of hydrogen-bond acceptors (Lipinski definition) is 6. The summed E-state index contributed by atoms with van der Waals surface area (Å²) in [6, 6.07) is 14.8. The normalized spacial score (nSPS) is 16.9. The van der Waals surface area contributed by atoms with E-state index < -0.39 is 12.0 Å². The molecule has 2 atom stereocenters. The first-order valence-corrected chi connectivity index (χ1v) is 8.98. The Morgan fingerprint density at radius 1 is 1.22 bits per heavy atom. The van der Waals surface area contributed by atoms with Crippen molar-refractivity contribution < 1.29 is 18.7 Å². The summed E-state index contributed by atoms with van der Waals surface area (Å²) in [5, 5.41) is 8.63. The standard InChI is InChI=1S/C20H17ClN2O4/c1-12(18-22-23-19(27-18)13-5-3-2-4-6-13)26-20(24)15-9-14-10-16(21)7-8-17(14)25-11-15/h2-8,10,12,15H,9,11H2,1H3/t12-,15+/m1/s1. The Balaban J connectivity index is 1.42. The first-order valence-electron chi connectivity index (χ1n) is 8.60. The third kappa shape index (κ3) is 3.80. The van der Waals surface area contributed by atoms with E-state index in [0.29, 0.717) is 17.3 Å². The summed E-state index contributed by atoms with van der Waals surface area (Å²) in [5.41, 5.74) is 1.71. The largest absolute Gasteiger partial charge is 0.492 e. The molecular formula is C20H17ClN2O4. The number of aromatic nitrogens is 2. The summed E-state index contributed by atoms with van der Waals surface area (Å²) >= 11 is 6.02. The topological polar surface area (TPSA) is 74.5 Å². The van der Waals surface area contributed by atoms with Crippen LogP contribution in [0.4, 0.5) is 0 Å². The van der Waals surface area contributed by atoms with Crippen molar-refractivity contribution in [2.24, 2.45) is 5.92 Å². The Morgan fingerprint density at radius 2 is 2.04 bits per heavy atom. The van der Waals surface area contributed by atoms with Crippen LogP contribution in [0.1, 0.15) is 24.5 Å². The van der Waals surface area contributed by atoms with Crippen molar-refractivity contribution in [1.82, 2.24) is 10.2 Å². The molecule has 0 bridgehead atoms. The van der Waals surface area contributed by atoms with E-state index in [1.807, 2.05) is 42.5 Å². The first-order chi connectivity index (χ1) is 13.1. The molecular weight excluding hydrogens is 368 g/mol. The fourth-order valence-corrected chi connectivity index (χ4v) is 3.13. The van der Waals surface area contributed by atoms with Gasteiger partial charge in [-0.1, -0.05) is 29.8 Å². The Morgan fingerprint density at radius 3 is 2.85 bits per heavy atom. The van der Waals surface area contributed by atoms with Gasteiger partial charge in [-0.3, -0.25) is 4.79 Å². The molecule has 0 unspecified atom stereocenters. The van der Waals surface area contributed by atoms with E-state index in [9.17, 15) is 4.79 Å². The number of ether oxygens (including phenoxy) is 2. The number of fused-ring (bicyclic) bond motifs is 1. The van der Waals surface area contributed by atoms with Crippen molar-refractivity contribution in [3.8, 4) is 17.2 Å². The monoisotopic (exact) mass is 384 g/mol. The molecule has 1 aliphatic rings. The molecule has 0 N–H and O–H groups in total. The molecule has 138 valence electrons. The average Bonchev–Trinajstić information content (AvgIpc) is 3.18. The van der Waals surface area contributed by atoms with Crippen LogP contribution < -0.4 is 4.74 Å². The van der Waals surface area contributed by atoms with E-state index >= 15 is 0 Å². The van der Waals surface area contributed by atoms with E-state index in [0.717, 1.165) is 16.9 Å². The zero-order valence-corrected chi connectivity index (χ0v) is 15.3. The summed E-state index contributed by atoms with van der Waals surface area (Å²) in [5.74, 6) is 0.615. The Bertz CT molecular complexity index is 958. The zero-order valence-electron chi connectivity index (χ0n) is 14.6. The summed E-state index contributed by atoms with van der Waals surface area (Å²) < 4.78 is 16.8. The van der Waals surface area contributed by atoms with E-state index in [1.54, 1.807) is 13.0 Å². The molecule has 3 aromatic rings. The maximum absolute atomic E-state index is 12.5. The molecule has 0 spiro atoms. The molecule has 0 aliphatic carbocycles. The molecule has 2 heterocycles. The van der Waals surface area contributed by atoms with Gasteiger partial charge in [0.25, 0.3) is 5.89 Å². The lowest BCUT2D eigenvalue weighted by Crippen LogP contribution is -2.30. The Labute approximate surface area is 161 Å². The van der Waals surface area contributed by atoms with Crippen molar-refractivity contribution in [3.05, 3.63) is 65.0 Å². The molecule has 0 fully saturated rings. The van der Waals surface area contributed by atoms with Crippen LogP contribution in [0.15, 0.2) is 52.9 Å².